The molecule has 1 aliphatic rings. The van der Waals surface area contributed by atoms with E-state index in [4.69, 9.17) is 16.0 Å². The van der Waals surface area contributed by atoms with Gasteiger partial charge in [0, 0.05) is 10.4 Å². The smallest absolute Gasteiger partial charge is 0.134 e. The Morgan fingerprint density at radius 2 is 2.21 bits per heavy atom. The van der Waals surface area contributed by atoms with Crippen LogP contribution in [-0.4, -0.2) is 6.54 Å². The second-order valence-electron chi connectivity index (χ2n) is 5.64. The van der Waals surface area contributed by atoms with Crippen LogP contribution in [0.5, 0.6) is 0 Å². The highest BCUT2D eigenvalue weighted by molar-refractivity contribution is 6.31. The first-order valence-electron chi connectivity index (χ1n) is 7.11. The minimum Gasteiger partial charge on any atom is -0.459 e. The lowest BCUT2D eigenvalue weighted by Gasteiger charge is -2.15. The Labute approximate surface area is 119 Å². The highest BCUT2D eigenvalue weighted by Crippen LogP contribution is 2.47. The van der Waals surface area contributed by atoms with Crippen molar-refractivity contribution >= 4 is 22.6 Å². The Hall–Kier alpha value is -0.990. The first-order valence-corrected chi connectivity index (χ1v) is 7.49. The third-order valence-corrected chi connectivity index (χ3v) is 4.25. The lowest BCUT2D eigenvalue weighted by atomic mass is 10.1. The molecule has 0 amide bonds. The number of rotatable bonds is 5. The number of nitrogens with one attached hydrogen (secondary N) is 1. The summed E-state index contributed by atoms with van der Waals surface area (Å²) in [4.78, 5) is 0. The number of benzene rings is 1. The van der Waals surface area contributed by atoms with Crippen LogP contribution in [0.2, 0.25) is 5.02 Å². The van der Waals surface area contributed by atoms with Crippen LogP contribution in [0.15, 0.2) is 28.7 Å². The fourth-order valence-corrected chi connectivity index (χ4v) is 2.95. The van der Waals surface area contributed by atoms with Gasteiger partial charge in [0.1, 0.15) is 11.3 Å². The Balaban J connectivity index is 1.90. The predicted octanol–water partition coefficient (Wildman–Crippen LogP) is 4.78. The quantitative estimate of drug-likeness (QED) is 0.850. The van der Waals surface area contributed by atoms with Gasteiger partial charge in [-0.05, 0) is 55.5 Å². The van der Waals surface area contributed by atoms with Crippen LogP contribution in [0, 0.1) is 11.8 Å². The SMILES string of the molecule is CCCNC(c1cc2cc(Cl)ccc2o1)C1CC1C. The van der Waals surface area contributed by atoms with E-state index in [-0.39, 0.29) is 0 Å². The molecule has 0 radical (unpaired) electrons. The normalized spacial score (nSPS) is 23.7. The van der Waals surface area contributed by atoms with E-state index in [1.165, 1.54) is 6.42 Å². The van der Waals surface area contributed by atoms with Crippen LogP contribution < -0.4 is 5.32 Å². The molecule has 0 aliphatic heterocycles. The van der Waals surface area contributed by atoms with Gasteiger partial charge in [-0.15, -0.1) is 0 Å². The molecule has 3 atom stereocenters. The fourth-order valence-electron chi connectivity index (χ4n) is 2.77. The van der Waals surface area contributed by atoms with Crippen molar-refractivity contribution in [2.75, 3.05) is 6.54 Å². The van der Waals surface area contributed by atoms with E-state index < -0.39 is 0 Å². The minimum absolute atomic E-state index is 0.348. The van der Waals surface area contributed by atoms with Gasteiger partial charge in [-0.1, -0.05) is 25.4 Å². The van der Waals surface area contributed by atoms with Crippen LogP contribution in [0.4, 0.5) is 0 Å². The Kier molecular flexibility index (Phi) is 3.55. The number of furan rings is 1. The molecule has 19 heavy (non-hydrogen) atoms. The zero-order valence-electron chi connectivity index (χ0n) is 11.4. The summed E-state index contributed by atoms with van der Waals surface area (Å²) in [5.41, 5.74) is 0.927. The van der Waals surface area contributed by atoms with Crippen LogP contribution in [0.3, 0.4) is 0 Å². The molecule has 102 valence electrons. The first-order chi connectivity index (χ1) is 9.19. The molecule has 3 rings (SSSR count). The van der Waals surface area contributed by atoms with E-state index in [1.54, 1.807) is 0 Å². The monoisotopic (exact) mass is 277 g/mol. The van der Waals surface area contributed by atoms with Crippen molar-refractivity contribution in [1.29, 1.82) is 0 Å². The van der Waals surface area contributed by atoms with E-state index in [9.17, 15) is 0 Å². The summed E-state index contributed by atoms with van der Waals surface area (Å²) < 4.78 is 6.01. The van der Waals surface area contributed by atoms with Gasteiger partial charge in [-0.3, -0.25) is 0 Å². The molecule has 2 aromatic rings. The van der Waals surface area contributed by atoms with Crippen LogP contribution >= 0.6 is 11.6 Å². The van der Waals surface area contributed by atoms with Crippen molar-refractivity contribution in [2.45, 2.75) is 32.7 Å². The van der Waals surface area contributed by atoms with Gasteiger partial charge in [0.15, 0.2) is 0 Å². The summed E-state index contributed by atoms with van der Waals surface area (Å²) in [6, 6.07) is 8.29. The molecule has 2 nitrogen and oxygen atoms in total. The highest BCUT2D eigenvalue weighted by Gasteiger charge is 2.41. The van der Waals surface area contributed by atoms with Crippen molar-refractivity contribution in [3.05, 3.63) is 35.0 Å². The summed E-state index contributed by atoms with van der Waals surface area (Å²) in [7, 11) is 0. The molecule has 1 saturated carbocycles. The fraction of sp³-hybridized carbons (Fsp3) is 0.500. The molecule has 1 fully saturated rings. The van der Waals surface area contributed by atoms with Gasteiger partial charge in [-0.25, -0.2) is 0 Å². The number of hydrogen-bond donors (Lipinski definition) is 1. The molecular formula is C16H20ClNO. The molecule has 1 aromatic heterocycles. The summed E-state index contributed by atoms with van der Waals surface area (Å²) in [5, 5.41) is 5.49. The van der Waals surface area contributed by atoms with Gasteiger partial charge >= 0.3 is 0 Å². The Morgan fingerprint density at radius 3 is 2.89 bits per heavy atom. The second kappa shape index (κ2) is 5.18. The zero-order chi connectivity index (χ0) is 13.4. The third-order valence-electron chi connectivity index (χ3n) is 4.02. The van der Waals surface area contributed by atoms with Crippen LogP contribution in [0.25, 0.3) is 11.0 Å². The second-order valence-corrected chi connectivity index (χ2v) is 6.08. The van der Waals surface area contributed by atoms with E-state index in [0.717, 1.165) is 40.6 Å². The minimum atomic E-state index is 0.348. The van der Waals surface area contributed by atoms with Crippen LogP contribution in [-0.2, 0) is 0 Å². The molecule has 3 heteroatoms. The molecular weight excluding hydrogens is 258 g/mol. The average molecular weight is 278 g/mol. The lowest BCUT2D eigenvalue weighted by molar-refractivity contribution is 0.386. The predicted molar refractivity (Wildman–Crippen MR) is 79.5 cm³/mol. The molecule has 1 aliphatic carbocycles. The topological polar surface area (TPSA) is 25.2 Å². The Bertz CT molecular complexity index is 577. The summed E-state index contributed by atoms with van der Waals surface area (Å²) >= 11 is 6.03. The van der Waals surface area contributed by atoms with Gasteiger partial charge in [0.05, 0.1) is 6.04 Å². The van der Waals surface area contributed by atoms with Crippen molar-refractivity contribution in [3.8, 4) is 0 Å². The van der Waals surface area contributed by atoms with Crippen molar-refractivity contribution in [1.82, 2.24) is 5.32 Å². The van der Waals surface area contributed by atoms with Gasteiger partial charge in [0.2, 0.25) is 0 Å². The van der Waals surface area contributed by atoms with Gasteiger partial charge in [0.25, 0.3) is 0 Å². The molecule has 0 spiro atoms. The summed E-state index contributed by atoms with van der Waals surface area (Å²) in [6.45, 7) is 5.54. The molecule has 1 aromatic carbocycles. The Morgan fingerprint density at radius 1 is 1.42 bits per heavy atom. The summed E-state index contributed by atoms with van der Waals surface area (Å²) in [6.07, 6.45) is 2.43. The number of halogens is 1. The molecule has 3 unspecified atom stereocenters. The number of hydrogen-bond acceptors (Lipinski definition) is 2. The maximum absolute atomic E-state index is 6.03. The zero-order valence-corrected chi connectivity index (χ0v) is 12.2. The standard InChI is InChI=1S/C16H20ClNO/c1-3-6-18-16(13-7-10(13)2)15-9-11-8-12(17)4-5-14(11)19-15/h4-5,8-10,13,16,18H,3,6-7H2,1-2H3. The van der Waals surface area contributed by atoms with Crippen LogP contribution in [0.1, 0.15) is 38.5 Å². The van der Waals surface area contributed by atoms with Crippen molar-refractivity contribution < 1.29 is 4.42 Å². The highest BCUT2D eigenvalue weighted by atomic mass is 35.5. The average Bonchev–Trinajstić information content (AvgIpc) is 2.95. The maximum Gasteiger partial charge on any atom is 0.134 e. The van der Waals surface area contributed by atoms with Gasteiger partial charge in [-0.2, -0.15) is 0 Å². The molecule has 0 saturated heterocycles. The molecule has 1 heterocycles. The summed E-state index contributed by atoms with van der Waals surface area (Å²) in [5.74, 6) is 2.56. The van der Waals surface area contributed by atoms with Crippen molar-refractivity contribution in [2.24, 2.45) is 11.8 Å². The first kappa shape index (κ1) is 13.0. The molecule has 1 N–H and O–H groups in total. The number of fused-ring (bicyclic) bond motifs is 1. The maximum atomic E-state index is 6.03. The third kappa shape index (κ3) is 2.65. The van der Waals surface area contributed by atoms with Gasteiger partial charge < -0.3 is 9.73 Å². The van der Waals surface area contributed by atoms with E-state index in [1.807, 2.05) is 18.2 Å². The lowest BCUT2D eigenvalue weighted by Crippen LogP contribution is -2.23. The largest absolute Gasteiger partial charge is 0.459 e. The van der Waals surface area contributed by atoms with E-state index >= 15 is 0 Å². The van der Waals surface area contributed by atoms with E-state index in [2.05, 4.69) is 25.2 Å². The molecule has 0 bridgehead atoms. The van der Waals surface area contributed by atoms with E-state index in [0.29, 0.717) is 12.0 Å². The van der Waals surface area contributed by atoms with Crippen molar-refractivity contribution in [3.63, 3.8) is 0 Å².